The first kappa shape index (κ1) is 13.8. The molecule has 0 atom stereocenters. The molecule has 7 heteroatoms. The highest BCUT2D eigenvalue weighted by Crippen LogP contribution is 2.40. The summed E-state index contributed by atoms with van der Waals surface area (Å²) in [5, 5.41) is 12.2. The molecule has 0 amide bonds. The fraction of sp³-hybridized carbons (Fsp3) is 0.500. The molecule has 0 fully saturated rings. The van der Waals surface area contributed by atoms with Crippen LogP contribution < -0.4 is 0 Å². The lowest BCUT2D eigenvalue weighted by Crippen LogP contribution is -1.97. The highest BCUT2D eigenvalue weighted by Gasteiger charge is 2.24. The van der Waals surface area contributed by atoms with Gasteiger partial charge in [0.25, 0.3) is 0 Å². The van der Waals surface area contributed by atoms with Crippen molar-refractivity contribution < 1.29 is 0 Å². The lowest BCUT2D eigenvalue weighted by atomic mass is 10.2. The van der Waals surface area contributed by atoms with E-state index in [4.69, 9.17) is 4.98 Å². The van der Waals surface area contributed by atoms with Crippen molar-refractivity contribution in [3.63, 3.8) is 0 Å². The summed E-state index contributed by atoms with van der Waals surface area (Å²) in [6.07, 6.45) is 6.83. The van der Waals surface area contributed by atoms with Crippen LogP contribution in [-0.2, 0) is 12.8 Å². The number of rotatable bonds is 4. The average molecular weight is 337 g/mol. The van der Waals surface area contributed by atoms with Crippen molar-refractivity contribution in [1.82, 2.24) is 19.6 Å². The number of hydrogen-bond donors (Lipinski definition) is 0. The maximum absolute atomic E-state index is 4.88. The van der Waals surface area contributed by atoms with Crippen molar-refractivity contribution in [2.75, 3.05) is 12.0 Å². The molecule has 0 saturated carbocycles. The number of fused-ring (bicyclic) bond motifs is 5. The molecule has 3 heterocycles. The fourth-order valence-corrected chi connectivity index (χ4v) is 5.56. The fourth-order valence-electron chi connectivity index (χ4n) is 2.86. The molecule has 0 aliphatic heterocycles. The Morgan fingerprint density at radius 2 is 2.14 bits per heavy atom. The van der Waals surface area contributed by atoms with E-state index in [1.807, 2.05) is 11.3 Å². The van der Waals surface area contributed by atoms with Crippen LogP contribution in [0, 0.1) is 0 Å². The molecule has 4 nitrogen and oxygen atoms in total. The lowest BCUT2D eigenvalue weighted by molar-refractivity contribution is 0.817. The minimum absolute atomic E-state index is 0.976. The highest BCUT2D eigenvalue weighted by atomic mass is 32.2. The molecule has 21 heavy (non-hydrogen) atoms. The van der Waals surface area contributed by atoms with Gasteiger partial charge >= 0.3 is 0 Å². The maximum atomic E-state index is 4.88. The van der Waals surface area contributed by atoms with Gasteiger partial charge in [-0.3, -0.25) is 0 Å². The summed E-state index contributed by atoms with van der Waals surface area (Å²) >= 11 is 5.29. The average Bonchev–Trinajstić information content (AvgIpc) is 3.17. The quantitative estimate of drug-likeness (QED) is 0.531. The second-order valence-electron chi connectivity index (χ2n) is 5.13. The van der Waals surface area contributed by atoms with E-state index >= 15 is 0 Å². The molecule has 0 radical (unpaired) electrons. The predicted molar refractivity (Wildman–Crippen MR) is 91.0 cm³/mol. The topological polar surface area (TPSA) is 43.1 Å². The van der Waals surface area contributed by atoms with E-state index in [0.29, 0.717) is 0 Å². The third-order valence-electron chi connectivity index (χ3n) is 3.77. The van der Waals surface area contributed by atoms with Crippen molar-refractivity contribution in [3.8, 4) is 0 Å². The summed E-state index contributed by atoms with van der Waals surface area (Å²) in [5.74, 6) is 1.06. The van der Waals surface area contributed by atoms with Crippen LogP contribution in [0.5, 0.6) is 0 Å². The van der Waals surface area contributed by atoms with E-state index in [9.17, 15) is 0 Å². The van der Waals surface area contributed by atoms with Gasteiger partial charge in [-0.1, -0.05) is 30.4 Å². The van der Waals surface area contributed by atoms with Gasteiger partial charge < -0.3 is 0 Å². The molecule has 1 aliphatic carbocycles. The van der Waals surface area contributed by atoms with Crippen LogP contribution in [-0.4, -0.2) is 31.6 Å². The second kappa shape index (κ2) is 5.44. The van der Waals surface area contributed by atoms with Crippen molar-refractivity contribution >= 4 is 50.7 Å². The molecule has 0 saturated heterocycles. The molecule has 0 aromatic carbocycles. The Morgan fingerprint density at radius 3 is 2.95 bits per heavy atom. The Labute approximate surface area is 135 Å². The molecule has 4 rings (SSSR count). The molecule has 0 N–H and O–H groups in total. The first-order valence-corrected chi connectivity index (χ1v) is 10.2. The summed E-state index contributed by atoms with van der Waals surface area (Å²) in [7, 11) is 0. The van der Waals surface area contributed by atoms with Gasteiger partial charge in [-0.15, -0.1) is 21.5 Å². The van der Waals surface area contributed by atoms with Crippen LogP contribution in [0.25, 0.3) is 15.9 Å². The number of aryl methyl sites for hydroxylation is 2. The molecular weight excluding hydrogens is 320 g/mol. The largest absolute Gasteiger partial charge is 0.248 e. The molecule has 0 unspecified atom stereocenters. The van der Waals surface area contributed by atoms with Crippen molar-refractivity contribution in [2.24, 2.45) is 0 Å². The van der Waals surface area contributed by atoms with E-state index in [1.54, 1.807) is 23.5 Å². The summed E-state index contributed by atoms with van der Waals surface area (Å²) < 4.78 is 2.15. The van der Waals surface area contributed by atoms with E-state index in [0.717, 1.165) is 39.4 Å². The van der Waals surface area contributed by atoms with Gasteiger partial charge in [0.15, 0.2) is 16.0 Å². The van der Waals surface area contributed by atoms with E-state index in [2.05, 4.69) is 27.8 Å². The first-order valence-electron chi connectivity index (χ1n) is 7.19. The van der Waals surface area contributed by atoms with Gasteiger partial charge in [-0.05, 0) is 37.5 Å². The van der Waals surface area contributed by atoms with E-state index < -0.39 is 0 Å². The third kappa shape index (κ3) is 2.09. The summed E-state index contributed by atoms with van der Waals surface area (Å²) in [6, 6.07) is 0. The first-order chi connectivity index (χ1) is 10.3. The Kier molecular flexibility index (Phi) is 3.59. The van der Waals surface area contributed by atoms with Crippen molar-refractivity contribution in [3.05, 3.63) is 10.4 Å². The number of thiophene rings is 1. The molecule has 0 bridgehead atoms. The van der Waals surface area contributed by atoms with Crippen molar-refractivity contribution in [1.29, 1.82) is 0 Å². The van der Waals surface area contributed by atoms with E-state index in [1.165, 1.54) is 28.7 Å². The smallest absolute Gasteiger partial charge is 0.197 e. The van der Waals surface area contributed by atoms with Gasteiger partial charge in [0, 0.05) is 10.6 Å². The summed E-state index contributed by atoms with van der Waals surface area (Å²) in [5.41, 5.74) is 2.47. The van der Waals surface area contributed by atoms with Gasteiger partial charge in [0.05, 0.1) is 5.39 Å². The zero-order valence-corrected chi connectivity index (χ0v) is 14.5. The second-order valence-corrected chi connectivity index (χ2v) is 8.05. The molecule has 3 aromatic rings. The standard InChI is InChI=1S/C14H16N4S3/c1-3-7-20-14-17-16-11-10-8-5-4-6-9(8)21-12(10)15-13(19-2)18(11)14/h3-7H2,1-2H3. The van der Waals surface area contributed by atoms with Crippen LogP contribution in [0.2, 0.25) is 0 Å². The number of nitrogens with zero attached hydrogens (tertiary/aromatic N) is 4. The highest BCUT2D eigenvalue weighted by molar-refractivity contribution is 7.99. The Morgan fingerprint density at radius 1 is 1.24 bits per heavy atom. The minimum Gasteiger partial charge on any atom is -0.248 e. The van der Waals surface area contributed by atoms with Gasteiger partial charge in [-0.2, -0.15) is 0 Å². The molecular formula is C14H16N4S3. The minimum atomic E-state index is 0.976. The third-order valence-corrected chi connectivity index (χ3v) is 6.73. The zero-order valence-electron chi connectivity index (χ0n) is 12.0. The number of hydrogen-bond acceptors (Lipinski definition) is 6. The monoisotopic (exact) mass is 336 g/mol. The van der Waals surface area contributed by atoms with Crippen LogP contribution in [0.1, 0.15) is 30.2 Å². The van der Waals surface area contributed by atoms with Crippen LogP contribution >= 0.6 is 34.9 Å². The van der Waals surface area contributed by atoms with E-state index in [-0.39, 0.29) is 0 Å². The van der Waals surface area contributed by atoms with Gasteiger partial charge in [0.2, 0.25) is 0 Å². The molecule has 3 aromatic heterocycles. The van der Waals surface area contributed by atoms with Gasteiger partial charge in [0.1, 0.15) is 4.83 Å². The Bertz CT molecular complexity index is 821. The Balaban J connectivity index is 2.02. The Hall–Kier alpha value is -0.790. The van der Waals surface area contributed by atoms with Crippen LogP contribution in [0.15, 0.2) is 10.3 Å². The van der Waals surface area contributed by atoms with Crippen LogP contribution in [0.3, 0.4) is 0 Å². The predicted octanol–water partition coefficient (Wildman–Crippen LogP) is 4.05. The maximum Gasteiger partial charge on any atom is 0.197 e. The normalized spacial score (nSPS) is 14.4. The van der Waals surface area contributed by atoms with Crippen molar-refractivity contribution in [2.45, 2.75) is 42.9 Å². The van der Waals surface area contributed by atoms with Gasteiger partial charge in [-0.25, -0.2) is 9.38 Å². The number of thioether (sulfide) groups is 2. The SMILES string of the molecule is CCCSc1nnc2c3c4c(sc3nc(SC)n12)CCC4. The molecule has 110 valence electrons. The van der Waals surface area contributed by atoms with Crippen LogP contribution in [0.4, 0.5) is 0 Å². The zero-order chi connectivity index (χ0) is 14.4. The lowest BCUT2D eigenvalue weighted by Gasteiger charge is -2.05. The number of aromatic nitrogens is 4. The summed E-state index contributed by atoms with van der Waals surface area (Å²) in [4.78, 5) is 7.52. The summed E-state index contributed by atoms with van der Waals surface area (Å²) in [6.45, 7) is 2.19. The molecule has 0 spiro atoms. The molecule has 1 aliphatic rings.